The monoisotopic (exact) mass is 507 g/mol. The van der Waals surface area contributed by atoms with Gasteiger partial charge in [-0.1, -0.05) is 6.07 Å². The third-order valence-corrected chi connectivity index (χ3v) is 4.80. The fourth-order valence-electron chi connectivity index (χ4n) is 2.59. The van der Waals surface area contributed by atoms with Crippen molar-refractivity contribution in [3.63, 3.8) is 0 Å². The summed E-state index contributed by atoms with van der Waals surface area (Å²) in [5, 5.41) is 8.52. The highest BCUT2D eigenvalue weighted by molar-refractivity contribution is 9.10. The van der Waals surface area contributed by atoms with Gasteiger partial charge in [0.05, 0.1) is 10.6 Å². The molecule has 0 spiro atoms. The predicted octanol–water partition coefficient (Wildman–Crippen LogP) is 4.13. The fraction of sp³-hybridized carbons (Fsp3) is 0.318. The SMILES string of the molecule is COCCCNC(=O)c1cccc(NC(=S)NC(=O)c2ccc(OC(C)C)c(Br)c2)c1. The van der Waals surface area contributed by atoms with E-state index in [0.29, 0.717) is 40.2 Å². The van der Waals surface area contributed by atoms with Gasteiger partial charge in [-0.3, -0.25) is 14.9 Å². The van der Waals surface area contributed by atoms with Crippen molar-refractivity contribution in [3.05, 3.63) is 58.1 Å². The van der Waals surface area contributed by atoms with Crippen LogP contribution in [0.2, 0.25) is 0 Å². The van der Waals surface area contributed by atoms with Crippen molar-refractivity contribution in [2.45, 2.75) is 26.4 Å². The van der Waals surface area contributed by atoms with Gasteiger partial charge in [0.2, 0.25) is 0 Å². The zero-order chi connectivity index (χ0) is 22.8. The molecule has 0 bridgehead atoms. The van der Waals surface area contributed by atoms with Gasteiger partial charge in [0.1, 0.15) is 5.75 Å². The summed E-state index contributed by atoms with van der Waals surface area (Å²) in [6.07, 6.45) is 0.757. The summed E-state index contributed by atoms with van der Waals surface area (Å²) >= 11 is 8.66. The highest BCUT2D eigenvalue weighted by Crippen LogP contribution is 2.27. The second-order valence-electron chi connectivity index (χ2n) is 6.90. The molecular formula is C22H26BrN3O4S. The molecule has 0 aliphatic carbocycles. The summed E-state index contributed by atoms with van der Waals surface area (Å²) in [5.74, 6) is 0.106. The normalized spacial score (nSPS) is 10.5. The maximum Gasteiger partial charge on any atom is 0.257 e. The van der Waals surface area contributed by atoms with Gasteiger partial charge in [0.25, 0.3) is 11.8 Å². The largest absolute Gasteiger partial charge is 0.490 e. The lowest BCUT2D eigenvalue weighted by molar-refractivity contribution is 0.0946. The Hall–Kier alpha value is -2.49. The molecule has 166 valence electrons. The van der Waals surface area contributed by atoms with Crippen LogP contribution in [-0.2, 0) is 4.74 Å². The van der Waals surface area contributed by atoms with Crippen LogP contribution < -0.4 is 20.7 Å². The topological polar surface area (TPSA) is 88.7 Å². The molecule has 0 fully saturated rings. The van der Waals surface area contributed by atoms with E-state index in [0.717, 1.165) is 6.42 Å². The van der Waals surface area contributed by atoms with Gasteiger partial charge in [-0.2, -0.15) is 0 Å². The van der Waals surface area contributed by atoms with E-state index in [1.165, 1.54) is 0 Å². The number of halogens is 1. The molecule has 7 nitrogen and oxygen atoms in total. The third-order valence-electron chi connectivity index (χ3n) is 3.98. The molecule has 2 rings (SSSR count). The molecule has 2 amide bonds. The smallest absolute Gasteiger partial charge is 0.257 e. The highest BCUT2D eigenvalue weighted by Gasteiger charge is 2.12. The molecule has 2 aromatic carbocycles. The first-order valence-corrected chi connectivity index (χ1v) is 11.0. The Morgan fingerprint density at radius 1 is 1.10 bits per heavy atom. The lowest BCUT2D eigenvalue weighted by atomic mass is 10.2. The number of ether oxygens (including phenoxy) is 2. The summed E-state index contributed by atoms with van der Waals surface area (Å²) in [6.45, 7) is 4.96. The molecule has 0 unspecified atom stereocenters. The van der Waals surface area contributed by atoms with Gasteiger partial charge < -0.3 is 20.1 Å². The van der Waals surface area contributed by atoms with E-state index in [1.807, 2.05) is 13.8 Å². The molecule has 0 saturated carbocycles. The van der Waals surface area contributed by atoms with E-state index in [1.54, 1.807) is 49.6 Å². The standard InChI is InChI=1S/C22H26BrN3O4S/c1-14(2)30-19-9-8-16(13-18(19)23)21(28)26-22(31)25-17-7-4-6-15(12-17)20(27)24-10-5-11-29-3/h4,6-9,12-14H,5,10-11H2,1-3H3,(H,24,27)(H2,25,26,28,31). The summed E-state index contributed by atoms with van der Waals surface area (Å²) in [6, 6.07) is 11.9. The summed E-state index contributed by atoms with van der Waals surface area (Å²) in [4.78, 5) is 24.7. The fourth-order valence-corrected chi connectivity index (χ4v) is 3.27. The first-order chi connectivity index (χ1) is 14.8. The second-order valence-corrected chi connectivity index (χ2v) is 8.17. The van der Waals surface area contributed by atoms with Crippen molar-refractivity contribution < 1.29 is 19.1 Å². The van der Waals surface area contributed by atoms with Gasteiger partial charge in [-0.15, -0.1) is 0 Å². The quantitative estimate of drug-likeness (QED) is 0.349. The lowest BCUT2D eigenvalue weighted by Crippen LogP contribution is -2.34. The van der Waals surface area contributed by atoms with E-state index in [2.05, 4.69) is 31.9 Å². The Morgan fingerprint density at radius 3 is 2.52 bits per heavy atom. The number of benzene rings is 2. The number of carbonyl (C=O) groups is 2. The Kier molecular flexibility index (Phi) is 9.90. The van der Waals surface area contributed by atoms with Gasteiger partial charge in [-0.05, 0) is 84.8 Å². The maximum absolute atomic E-state index is 12.5. The molecule has 3 N–H and O–H groups in total. The average molecular weight is 508 g/mol. The second kappa shape index (κ2) is 12.4. The molecule has 0 radical (unpaired) electrons. The van der Waals surface area contributed by atoms with E-state index < -0.39 is 0 Å². The first-order valence-electron chi connectivity index (χ1n) is 9.76. The average Bonchev–Trinajstić information content (AvgIpc) is 2.72. The van der Waals surface area contributed by atoms with Crippen LogP contribution in [0.5, 0.6) is 5.75 Å². The van der Waals surface area contributed by atoms with Crippen LogP contribution in [0, 0.1) is 0 Å². The van der Waals surface area contributed by atoms with Crippen molar-refractivity contribution in [2.75, 3.05) is 25.6 Å². The molecule has 0 atom stereocenters. The minimum Gasteiger partial charge on any atom is -0.490 e. The Balaban J connectivity index is 1.94. The zero-order valence-electron chi connectivity index (χ0n) is 17.7. The molecule has 31 heavy (non-hydrogen) atoms. The number of anilines is 1. The molecule has 0 aromatic heterocycles. The van der Waals surface area contributed by atoms with Crippen molar-refractivity contribution in [2.24, 2.45) is 0 Å². The molecule has 0 heterocycles. The first kappa shape index (κ1) is 24.8. The van der Waals surface area contributed by atoms with Crippen LogP contribution in [-0.4, -0.2) is 43.3 Å². The molecule has 0 aliphatic rings. The third kappa shape index (κ3) is 8.28. The Bertz CT molecular complexity index is 937. The summed E-state index contributed by atoms with van der Waals surface area (Å²) in [7, 11) is 1.62. The molecule has 0 saturated heterocycles. The van der Waals surface area contributed by atoms with Crippen LogP contribution in [0.1, 0.15) is 41.0 Å². The minimum absolute atomic E-state index is 0.0240. The van der Waals surface area contributed by atoms with Gasteiger partial charge in [-0.25, -0.2) is 0 Å². The van der Waals surface area contributed by atoms with E-state index in [-0.39, 0.29) is 23.0 Å². The van der Waals surface area contributed by atoms with Crippen LogP contribution >= 0.6 is 28.1 Å². The van der Waals surface area contributed by atoms with Crippen LogP contribution in [0.4, 0.5) is 5.69 Å². The number of hydrogen-bond acceptors (Lipinski definition) is 5. The molecular weight excluding hydrogens is 482 g/mol. The number of methoxy groups -OCH3 is 1. The van der Waals surface area contributed by atoms with Crippen LogP contribution in [0.15, 0.2) is 46.9 Å². The Labute approximate surface area is 196 Å². The summed E-state index contributed by atoms with van der Waals surface area (Å²) < 4.78 is 11.3. The van der Waals surface area contributed by atoms with E-state index in [9.17, 15) is 9.59 Å². The van der Waals surface area contributed by atoms with Crippen molar-refractivity contribution in [1.82, 2.24) is 10.6 Å². The van der Waals surface area contributed by atoms with Crippen LogP contribution in [0.3, 0.4) is 0 Å². The molecule has 2 aromatic rings. The van der Waals surface area contributed by atoms with Gasteiger partial charge in [0.15, 0.2) is 5.11 Å². The number of thiocarbonyl (C=S) groups is 1. The lowest BCUT2D eigenvalue weighted by Gasteiger charge is -2.13. The highest BCUT2D eigenvalue weighted by atomic mass is 79.9. The zero-order valence-corrected chi connectivity index (χ0v) is 20.1. The molecule has 0 aliphatic heterocycles. The van der Waals surface area contributed by atoms with Crippen molar-refractivity contribution in [3.8, 4) is 5.75 Å². The number of hydrogen-bond donors (Lipinski definition) is 3. The van der Waals surface area contributed by atoms with Gasteiger partial charge in [0, 0.05) is 37.1 Å². The Morgan fingerprint density at radius 2 is 1.84 bits per heavy atom. The van der Waals surface area contributed by atoms with E-state index in [4.69, 9.17) is 21.7 Å². The van der Waals surface area contributed by atoms with Crippen molar-refractivity contribution >= 4 is 50.8 Å². The summed E-state index contributed by atoms with van der Waals surface area (Å²) in [5.41, 5.74) is 1.51. The number of amides is 2. The predicted molar refractivity (Wildman–Crippen MR) is 129 cm³/mol. The number of carbonyl (C=O) groups excluding carboxylic acids is 2. The number of rotatable bonds is 9. The molecule has 9 heteroatoms. The maximum atomic E-state index is 12.5. The number of nitrogens with one attached hydrogen (secondary N) is 3. The van der Waals surface area contributed by atoms with Gasteiger partial charge >= 0.3 is 0 Å². The van der Waals surface area contributed by atoms with Crippen LogP contribution in [0.25, 0.3) is 0 Å². The van der Waals surface area contributed by atoms with E-state index >= 15 is 0 Å². The minimum atomic E-state index is -0.360. The van der Waals surface area contributed by atoms with Crippen molar-refractivity contribution in [1.29, 1.82) is 0 Å².